The molecule has 2 heterocycles. The van der Waals surface area contributed by atoms with E-state index in [-0.39, 0.29) is 12.5 Å². The van der Waals surface area contributed by atoms with Gasteiger partial charge in [0.15, 0.2) is 0 Å². The standard InChI is InChI=1S/C11H18N4O2S2/c1-3-4-18-10-13-9(19-14-10)12-8(16)5-15-6-11(2,17)7-15/h17H,3-7H2,1-2H3,(H,12,13,14,16). The molecule has 1 fully saturated rings. The Morgan fingerprint density at radius 2 is 2.37 bits per heavy atom. The number of nitrogens with one attached hydrogen (secondary N) is 1. The summed E-state index contributed by atoms with van der Waals surface area (Å²) in [6, 6.07) is 0. The smallest absolute Gasteiger partial charge is 0.240 e. The highest BCUT2D eigenvalue weighted by Gasteiger charge is 2.37. The van der Waals surface area contributed by atoms with E-state index in [2.05, 4.69) is 21.6 Å². The molecule has 8 heteroatoms. The molecule has 0 saturated carbocycles. The minimum absolute atomic E-state index is 0.112. The summed E-state index contributed by atoms with van der Waals surface area (Å²) in [7, 11) is 0. The predicted octanol–water partition coefficient (Wildman–Crippen LogP) is 1.05. The monoisotopic (exact) mass is 302 g/mol. The lowest BCUT2D eigenvalue weighted by Gasteiger charge is -2.43. The molecule has 1 saturated heterocycles. The van der Waals surface area contributed by atoms with E-state index in [1.807, 2.05) is 4.90 Å². The van der Waals surface area contributed by atoms with E-state index in [0.29, 0.717) is 23.4 Å². The summed E-state index contributed by atoms with van der Waals surface area (Å²) >= 11 is 2.79. The van der Waals surface area contributed by atoms with E-state index in [0.717, 1.165) is 12.2 Å². The largest absolute Gasteiger partial charge is 0.388 e. The maximum Gasteiger partial charge on any atom is 0.240 e. The van der Waals surface area contributed by atoms with Gasteiger partial charge in [-0.05, 0) is 13.3 Å². The van der Waals surface area contributed by atoms with E-state index < -0.39 is 5.60 Å². The molecule has 2 N–H and O–H groups in total. The van der Waals surface area contributed by atoms with Gasteiger partial charge in [0.1, 0.15) is 0 Å². The van der Waals surface area contributed by atoms with E-state index in [1.54, 1.807) is 18.7 Å². The minimum Gasteiger partial charge on any atom is -0.388 e. The van der Waals surface area contributed by atoms with Crippen molar-refractivity contribution in [2.75, 3.05) is 30.7 Å². The number of nitrogens with zero attached hydrogens (tertiary/aromatic N) is 3. The Labute approximate surface area is 120 Å². The Morgan fingerprint density at radius 3 is 3.00 bits per heavy atom. The van der Waals surface area contributed by atoms with Gasteiger partial charge < -0.3 is 5.11 Å². The Morgan fingerprint density at radius 1 is 1.63 bits per heavy atom. The first-order chi connectivity index (χ1) is 8.98. The number of hydrogen-bond donors (Lipinski definition) is 2. The van der Waals surface area contributed by atoms with Crippen LogP contribution in [0.2, 0.25) is 0 Å². The predicted molar refractivity (Wildman–Crippen MR) is 76.6 cm³/mol. The Bertz CT molecular complexity index is 442. The number of carbonyl (C=O) groups excluding carboxylic acids is 1. The van der Waals surface area contributed by atoms with Gasteiger partial charge in [-0.15, -0.1) is 0 Å². The number of rotatable bonds is 6. The van der Waals surface area contributed by atoms with E-state index in [4.69, 9.17) is 0 Å². The quantitative estimate of drug-likeness (QED) is 0.765. The number of aromatic nitrogens is 2. The second kappa shape index (κ2) is 6.17. The first-order valence-electron chi connectivity index (χ1n) is 6.19. The van der Waals surface area contributed by atoms with Crippen molar-refractivity contribution in [1.29, 1.82) is 0 Å². The molecule has 1 aromatic rings. The van der Waals surface area contributed by atoms with Gasteiger partial charge in [0, 0.05) is 30.4 Å². The average Bonchev–Trinajstić information content (AvgIpc) is 2.71. The lowest BCUT2D eigenvalue weighted by atomic mass is 9.97. The van der Waals surface area contributed by atoms with Gasteiger partial charge in [-0.1, -0.05) is 18.7 Å². The van der Waals surface area contributed by atoms with Crippen molar-refractivity contribution in [1.82, 2.24) is 14.3 Å². The Balaban J connectivity index is 1.74. The maximum atomic E-state index is 11.7. The van der Waals surface area contributed by atoms with Gasteiger partial charge in [-0.2, -0.15) is 9.36 Å². The molecular formula is C11H18N4O2S2. The summed E-state index contributed by atoms with van der Waals surface area (Å²) in [6.45, 7) is 5.23. The molecule has 0 unspecified atom stereocenters. The van der Waals surface area contributed by atoms with Crippen molar-refractivity contribution in [3.05, 3.63) is 0 Å². The molecular weight excluding hydrogens is 284 g/mol. The topological polar surface area (TPSA) is 78.4 Å². The van der Waals surface area contributed by atoms with Gasteiger partial charge in [0.25, 0.3) is 0 Å². The summed E-state index contributed by atoms with van der Waals surface area (Å²) in [6.07, 6.45) is 1.07. The van der Waals surface area contributed by atoms with Gasteiger partial charge in [-0.3, -0.25) is 15.0 Å². The molecule has 106 valence electrons. The number of amides is 1. The Kier molecular flexibility index (Phi) is 4.77. The van der Waals surface area contributed by atoms with Crippen molar-refractivity contribution < 1.29 is 9.90 Å². The van der Waals surface area contributed by atoms with E-state index >= 15 is 0 Å². The van der Waals surface area contributed by atoms with Gasteiger partial charge >= 0.3 is 0 Å². The van der Waals surface area contributed by atoms with Crippen LogP contribution in [-0.2, 0) is 4.79 Å². The lowest BCUT2D eigenvalue weighted by Crippen LogP contribution is -2.61. The lowest BCUT2D eigenvalue weighted by molar-refractivity contribution is -0.125. The molecule has 1 aromatic heterocycles. The molecule has 2 rings (SSSR count). The van der Waals surface area contributed by atoms with Crippen molar-refractivity contribution in [3.8, 4) is 0 Å². The van der Waals surface area contributed by atoms with Crippen molar-refractivity contribution >= 4 is 34.3 Å². The minimum atomic E-state index is -0.646. The molecule has 0 atom stereocenters. The second-order valence-electron chi connectivity index (χ2n) is 4.92. The normalized spacial score (nSPS) is 18.1. The number of aliphatic hydroxyl groups is 1. The fourth-order valence-electron chi connectivity index (χ4n) is 1.90. The van der Waals surface area contributed by atoms with Gasteiger partial charge in [0.05, 0.1) is 12.1 Å². The third-order valence-corrected chi connectivity index (χ3v) is 4.38. The van der Waals surface area contributed by atoms with Crippen molar-refractivity contribution in [2.24, 2.45) is 0 Å². The zero-order valence-electron chi connectivity index (χ0n) is 11.0. The number of hydrogen-bond acceptors (Lipinski definition) is 7. The highest BCUT2D eigenvalue weighted by Crippen LogP contribution is 2.21. The Hall–Kier alpha value is -0.700. The number of anilines is 1. The van der Waals surface area contributed by atoms with Crippen molar-refractivity contribution in [3.63, 3.8) is 0 Å². The molecule has 0 bridgehead atoms. The fraction of sp³-hybridized carbons (Fsp3) is 0.727. The third kappa shape index (κ3) is 4.41. The summed E-state index contributed by atoms with van der Waals surface area (Å²) in [5.74, 6) is 0.867. The molecule has 1 aliphatic rings. The van der Waals surface area contributed by atoms with E-state index in [1.165, 1.54) is 11.5 Å². The van der Waals surface area contributed by atoms with Crippen molar-refractivity contribution in [2.45, 2.75) is 31.0 Å². The number of likely N-dealkylation sites (tertiary alicyclic amines) is 1. The van der Waals surface area contributed by atoms with Gasteiger partial charge in [-0.25, -0.2) is 0 Å². The molecule has 0 aromatic carbocycles. The highest BCUT2D eigenvalue weighted by molar-refractivity contribution is 7.99. The molecule has 1 aliphatic heterocycles. The van der Waals surface area contributed by atoms with Crippen LogP contribution >= 0.6 is 23.3 Å². The summed E-state index contributed by atoms with van der Waals surface area (Å²) in [4.78, 5) is 17.9. The highest BCUT2D eigenvalue weighted by atomic mass is 32.2. The summed E-state index contributed by atoms with van der Waals surface area (Å²) in [5, 5.41) is 13.6. The maximum absolute atomic E-state index is 11.7. The van der Waals surface area contributed by atoms with Crippen LogP contribution in [0.4, 0.5) is 5.13 Å². The summed E-state index contributed by atoms with van der Waals surface area (Å²) < 4.78 is 4.17. The first kappa shape index (κ1) is 14.7. The number of β-amino-alcohol motifs (C(OH)–C–C–N with tert-alkyl or cyclic N) is 1. The number of thioether (sulfide) groups is 1. The average molecular weight is 302 g/mol. The summed E-state index contributed by atoms with van der Waals surface area (Å²) in [5.41, 5.74) is -0.646. The molecule has 6 nitrogen and oxygen atoms in total. The van der Waals surface area contributed by atoms with E-state index in [9.17, 15) is 9.90 Å². The van der Waals surface area contributed by atoms with Crippen LogP contribution in [0.1, 0.15) is 20.3 Å². The third-order valence-electron chi connectivity index (χ3n) is 2.58. The van der Waals surface area contributed by atoms with Crippen LogP contribution in [0.5, 0.6) is 0 Å². The van der Waals surface area contributed by atoms with Crippen LogP contribution in [0.3, 0.4) is 0 Å². The zero-order valence-corrected chi connectivity index (χ0v) is 12.7. The number of carbonyl (C=O) groups is 1. The molecule has 0 aliphatic carbocycles. The first-order valence-corrected chi connectivity index (χ1v) is 7.95. The molecule has 19 heavy (non-hydrogen) atoms. The van der Waals surface area contributed by atoms with Crippen LogP contribution in [0.25, 0.3) is 0 Å². The van der Waals surface area contributed by atoms with Crippen LogP contribution in [0.15, 0.2) is 5.16 Å². The van der Waals surface area contributed by atoms with Crippen LogP contribution < -0.4 is 5.32 Å². The molecule has 0 radical (unpaired) electrons. The van der Waals surface area contributed by atoms with Gasteiger partial charge in [0.2, 0.25) is 16.2 Å². The second-order valence-corrected chi connectivity index (χ2v) is 6.73. The van der Waals surface area contributed by atoms with Crippen LogP contribution in [-0.4, -0.2) is 56.3 Å². The van der Waals surface area contributed by atoms with Crippen LogP contribution in [0, 0.1) is 0 Å². The molecule has 0 spiro atoms. The molecule has 1 amide bonds. The SMILES string of the molecule is CCCSc1nsc(NC(=O)CN2CC(C)(O)C2)n1. The zero-order chi connectivity index (χ0) is 13.9. The fourth-order valence-corrected chi connectivity index (χ4v) is 3.32.